The summed E-state index contributed by atoms with van der Waals surface area (Å²) in [6, 6.07) is 7.07. The normalized spacial score (nSPS) is 10.8. The van der Waals surface area contributed by atoms with E-state index in [0.717, 1.165) is 5.56 Å². The van der Waals surface area contributed by atoms with Gasteiger partial charge in [-0.25, -0.2) is 16.7 Å². The van der Waals surface area contributed by atoms with Crippen molar-refractivity contribution in [2.75, 3.05) is 18.2 Å². The zero-order chi connectivity index (χ0) is 16.8. The lowest BCUT2D eigenvalue weighted by atomic mass is 10.1. The van der Waals surface area contributed by atoms with Gasteiger partial charge >= 0.3 is 0 Å². The molecule has 0 spiro atoms. The Hall–Kier alpha value is -1.15. The van der Waals surface area contributed by atoms with Crippen LogP contribution in [-0.4, -0.2) is 23.1 Å². The van der Waals surface area contributed by atoms with Gasteiger partial charge in [0.2, 0.25) is 5.28 Å². The number of benzene rings is 1. The minimum atomic E-state index is 0.103. The molecule has 2 rings (SSSR count). The molecule has 0 amide bonds. The van der Waals surface area contributed by atoms with Crippen LogP contribution < -0.4 is 16.7 Å². The Kier molecular flexibility index (Phi) is 6.83. The molecule has 0 atom stereocenters. The van der Waals surface area contributed by atoms with Crippen LogP contribution in [0.5, 0.6) is 0 Å². The number of nitrogens with zero attached hydrogens (tertiary/aromatic N) is 3. The topological polar surface area (TPSA) is 90.3 Å². The molecule has 1 aromatic heterocycles. The molecule has 6 nitrogen and oxygen atoms in total. The molecule has 0 aliphatic rings. The molecule has 0 aliphatic carbocycles. The number of rotatable bonds is 7. The lowest BCUT2D eigenvalue weighted by molar-refractivity contribution is 0.136. The molecule has 1 aromatic carbocycles. The molecule has 0 aliphatic heterocycles. The molecule has 23 heavy (non-hydrogen) atoms. The first-order chi connectivity index (χ1) is 11.0. The van der Waals surface area contributed by atoms with Crippen molar-refractivity contribution in [1.29, 1.82) is 0 Å². The molecule has 0 saturated heterocycles. The lowest BCUT2D eigenvalue weighted by Gasteiger charge is -2.18. The second kappa shape index (κ2) is 8.63. The highest BCUT2D eigenvalue weighted by atomic mass is 35.5. The molecular formula is C14H16Cl3N5O. The van der Waals surface area contributed by atoms with Gasteiger partial charge in [-0.05, 0) is 35.7 Å². The second-order valence-electron chi connectivity index (χ2n) is 4.78. The molecule has 4 N–H and O–H groups in total. The second-order valence-corrected chi connectivity index (χ2v) is 5.93. The van der Waals surface area contributed by atoms with E-state index in [2.05, 4.69) is 14.8 Å². The summed E-state index contributed by atoms with van der Waals surface area (Å²) in [6.07, 6.45) is 1.08. The molecule has 124 valence electrons. The van der Waals surface area contributed by atoms with E-state index in [0.29, 0.717) is 47.6 Å². The molecule has 1 heterocycles. The van der Waals surface area contributed by atoms with Crippen molar-refractivity contribution in [2.24, 2.45) is 11.7 Å². The Balaban J connectivity index is 2.20. The predicted octanol–water partition coefficient (Wildman–Crippen LogP) is 2.99. The monoisotopic (exact) mass is 375 g/mol. The van der Waals surface area contributed by atoms with Crippen LogP contribution in [0.25, 0.3) is 0 Å². The Morgan fingerprint density at radius 2 is 1.83 bits per heavy atom. The van der Waals surface area contributed by atoms with Gasteiger partial charge in [0.1, 0.15) is 5.82 Å². The molecule has 0 unspecified atom stereocenters. The summed E-state index contributed by atoms with van der Waals surface area (Å²) in [5.41, 5.74) is 1.44. The van der Waals surface area contributed by atoms with Gasteiger partial charge < -0.3 is 4.84 Å². The van der Waals surface area contributed by atoms with Crippen molar-refractivity contribution in [3.63, 3.8) is 0 Å². The Morgan fingerprint density at radius 3 is 2.48 bits per heavy atom. The van der Waals surface area contributed by atoms with Crippen LogP contribution >= 0.6 is 34.8 Å². The van der Waals surface area contributed by atoms with Crippen LogP contribution in [0.3, 0.4) is 0 Å². The number of hydrazine groups is 1. The van der Waals surface area contributed by atoms with Gasteiger partial charge in [-0.15, -0.1) is 0 Å². The third-order valence-electron chi connectivity index (χ3n) is 3.11. The summed E-state index contributed by atoms with van der Waals surface area (Å²) in [7, 11) is 0. The van der Waals surface area contributed by atoms with E-state index in [4.69, 9.17) is 46.5 Å². The fourth-order valence-corrected chi connectivity index (χ4v) is 2.73. The molecule has 0 saturated carbocycles. The van der Waals surface area contributed by atoms with E-state index in [1.165, 1.54) is 5.01 Å². The quantitative estimate of drug-likeness (QED) is 0.334. The van der Waals surface area contributed by atoms with Crippen LogP contribution in [0.4, 0.5) is 5.82 Å². The maximum atomic E-state index is 6.18. The average Bonchev–Trinajstić information content (AvgIpc) is 2.51. The third kappa shape index (κ3) is 5.17. The van der Waals surface area contributed by atoms with Crippen molar-refractivity contribution in [1.82, 2.24) is 9.97 Å². The van der Waals surface area contributed by atoms with E-state index in [1.807, 2.05) is 0 Å². The first kappa shape index (κ1) is 18.2. The van der Waals surface area contributed by atoms with Gasteiger partial charge in [0.25, 0.3) is 0 Å². The van der Waals surface area contributed by atoms with Gasteiger partial charge in [-0.1, -0.05) is 29.3 Å². The van der Waals surface area contributed by atoms with Crippen molar-refractivity contribution >= 4 is 40.6 Å². The lowest BCUT2D eigenvalue weighted by Crippen LogP contribution is -2.33. The maximum absolute atomic E-state index is 6.18. The Morgan fingerprint density at radius 1 is 1.13 bits per heavy atom. The molecule has 0 radical (unpaired) electrons. The minimum absolute atomic E-state index is 0.103. The molecular weight excluding hydrogens is 361 g/mol. The number of hydrogen-bond donors (Lipinski definition) is 2. The molecule has 0 fully saturated rings. The fraction of sp³-hybridized carbons (Fsp3) is 0.286. The van der Waals surface area contributed by atoms with Crippen molar-refractivity contribution < 1.29 is 4.84 Å². The van der Waals surface area contributed by atoms with Gasteiger partial charge in [-0.3, -0.25) is 5.01 Å². The third-order valence-corrected chi connectivity index (χ3v) is 3.99. The largest absolute Gasteiger partial charge is 0.305 e. The highest BCUT2D eigenvalue weighted by Crippen LogP contribution is 2.27. The average molecular weight is 377 g/mol. The summed E-state index contributed by atoms with van der Waals surface area (Å²) < 4.78 is 0. The van der Waals surface area contributed by atoms with Gasteiger partial charge in [0.15, 0.2) is 0 Å². The first-order valence-electron chi connectivity index (χ1n) is 6.81. The van der Waals surface area contributed by atoms with E-state index in [1.54, 1.807) is 24.3 Å². The van der Waals surface area contributed by atoms with Crippen LogP contribution in [0.15, 0.2) is 24.3 Å². The van der Waals surface area contributed by atoms with Gasteiger partial charge in [-0.2, -0.15) is 4.98 Å². The van der Waals surface area contributed by atoms with Crippen LogP contribution in [0.1, 0.15) is 17.7 Å². The summed E-state index contributed by atoms with van der Waals surface area (Å²) in [6.45, 7) is 0.908. The van der Waals surface area contributed by atoms with Crippen molar-refractivity contribution in [3.8, 4) is 0 Å². The zero-order valence-electron chi connectivity index (χ0n) is 12.2. The summed E-state index contributed by atoms with van der Waals surface area (Å²) >= 11 is 18.4. The number of halogens is 3. The van der Waals surface area contributed by atoms with E-state index < -0.39 is 0 Å². The smallest absolute Gasteiger partial charge is 0.224 e. The Bertz CT molecular complexity index is 651. The SMILES string of the molecule is NOCCCN(N)c1cc(Cc2c(Cl)cccc2Cl)nc(Cl)n1. The summed E-state index contributed by atoms with van der Waals surface area (Å²) in [5.74, 6) is 11.4. The maximum Gasteiger partial charge on any atom is 0.224 e. The highest BCUT2D eigenvalue weighted by molar-refractivity contribution is 6.36. The zero-order valence-corrected chi connectivity index (χ0v) is 14.4. The van der Waals surface area contributed by atoms with E-state index >= 15 is 0 Å². The van der Waals surface area contributed by atoms with Gasteiger partial charge in [0, 0.05) is 29.1 Å². The number of nitrogens with two attached hydrogens (primary N) is 2. The van der Waals surface area contributed by atoms with E-state index in [-0.39, 0.29) is 5.28 Å². The van der Waals surface area contributed by atoms with Crippen LogP contribution in [-0.2, 0) is 11.3 Å². The first-order valence-corrected chi connectivity index (χ1v) is 7.95. The van der Waals surface area contributed by atoms with Gasteiger partial charge in [0.05, 0.1) is 12.3 Å². The van der Waals surface area contributed by atoms with Crippen molar-refractivity contribution in [3.05, 3.63) is 50.9 Å². The molecule has 0 bridgehead atoms. The minimum Gasteiger partial charge on any atom is -0.305 e. The fourth-order valence-electron chi connectivity index (χ4n) is 2.00. The standard InChI is InChI=1S/C14H16Cl3N5O/c15-11-3-1-4-12(16)10(11)7-9-8-13(21-14(17)20-9)22(18)5-2-6-23-19/h1,3-4,8H,2,5-7,18-19H2. The Labute approximate surface area is 149 Å². The van der Waals surface area contributed by atoms with Crippen LogP contribution in [0, 0.1) is 0 Å². The van der Waals surface area contributed by atoms with Crippen molar-refractivity contribution in [2.45, 2.75) is 12.8 Å². The number of hydrogen-bond acceptors (Lipinski definition) is 6. The summed E-state index contributed by atoms with van der Waals surface area (Å²) in [5, 5.41) is 2.70. The highest BCUT2D eigenvalue weighted by Gasteiger charge is 2.12. The van der Waals surface area contributed by atoms with Crippen LogP contribution in [0.2, 0.25) is 15.3 Å². The summed E-state index contributed by atoms with van der Waals surface area (Å²) in [4.78, 5) is 12.8. The number of anilines is 1. The molecule has 9 heteroatoms. The molecule has 2 aromatic rings. The van der Waals surface area contributed by atoms with E-state index in [9.17, 15) is 0 Å². The predicted molar refractivity (Wildman–Crippen MR) is 92.6 cm³/mol. The number of aromatic nitrogens is 2.